The van der Waals surface area contributed by atoms with Crippen LogP contribution in [0.4, 0.5) is 0 Å². The van der Waals surface area contributed by atoms with E-state index in [9.17, 15) is 4.79 Å². The van der Waals surface area contributed by atoms with Crippen molar-refractivity contribution in [1.29, 1.82) is 0 Å². The fourth-order valence-corrected chi connectivity index (χ4v) is 3.88. The summed E-state index contributed by atoms with van der Waals surface area (Å²) in [4.78, 5) is 13.7. The van der Waals surface area contributed by atoms with Gasteiger partial charge in [-0.05, 0) is 29.5 Å². The number of thioether (sulfide) groups is 1. The van der Waals surface area contributed by atoms with Crippen molar-refractivity contribution < 1.29 is 4.79 Å². The Morgan fingerprint density at radius 2 is 1.69 bits per heavy atom. The van der Waals surface area contributed by atoms with Crippen molar-refractivity contribution in [1.82, 2.24) is 19.7 Å². The smallest absolute Gasteiger partial charge is 0.232 e. The number of para-hydroxylation sites is 1. The summed E-state index contributed by atoms with van der Waals surface area (Å²) in [6, 6.07) is 16.6. The maximum Gasteiger partial charge on any atom is 0.232 e. The molecule has 3 aromatic rings. The summed E-state index contributed by atoms with van der Waals surface area (Å²) in [5.41, 5.74) is 4.51. The number of aromatic nitrogens is 3. The third kappa shape index (κ3) is 4.70. The first-order valence-electron chi connectivity index (χ1n) is 9.64. The van der Waals surface area contributed by atoms with E-state index in [-0.39, 0.29) is 11.3 Å². The van der Waals surface area contributed by atoms with E-state index in [2.05, 4.69) is 78.9 Å². The molecule has 1 aromatic heterocycles. The first-order chi connectivity index (χ1) is 13.7. The van der Waals surface area contributed by atoms with E-state index in [4.69, 9.17) is 0 Å². The largest absolute Gasteiger partial charge is 0.348 e. The maximum atomic E-state index is 12.1. The molecule has 29 heavy (non-hydrogen) atoms. The van der Waals surface area contributed by atoms with Crippen LogP contribution in [0, 0.1) is 6.92 Å². The van der Waals surface area contributed by atoms with E-state index >= 15 is 0 Å². The average Bonchev–Trinajstić information content (AvgIpc) is 3.09. The molecule has 0 atom stereocenters. The number of carbonyl (C=O) groups is 1. The molecule has 2 aromatic carbocycles. The summed E-state index contributed by atoms with van der Waals surface area (Å²) >= 11 is 1.41. The molecule has 0 unspecified atom stereocenters. The summed E-state index contributed by atoms with van der Waals surface area (Å²) < 4.78 is 2.05. The van der Waals surface area contributed by atoms with E-state index in [1.807, 2.05) is 12.1 Å². The van der Waals surface area contributed by atoms with E-state index in [1.165, 1.54) is 17.3 Å². The van der Waals surface area contributed by atoms with Crippen molar-refractivity contribution in [3.63, 3.8) is 0 Å². The molecule has 0 radical (unpaired) electrons. The minimum absolute atomic E-state index is 0.0467. The Hall–Kier alpha value is -2.60. The van der Waals surface area contributed by atoms with Gasteiger partial charge in [0, 0.05) is 19.7 Å². The third-order valence-electron chi connectivity index (χ3n) is 4.82. The van der Waals surface area contributed by atoms with Crippen LogP contribution < -0.4 is 0 Å². The molecule has 0 bridgehead atoms. The molecule has 0 fully saturated rings. The van der Waals surface area contributed by atoms with Gasteiger partial charge in [-0.2, -0.15) is 0 Å². The molecule has 0 aliphatic carbocycles. The first-order valence-corrected chi connectivity index (χ1v) is 10.6. The molecule has 0 spiro atoms. The molecule has 3 rings (SSSR count). The zero-order valence-corrected chi connectivity index (χ0v) is 18.7. The molecule has 6 heteroatoms. The number of hydrogen-bond donors (Lipinski definition) is 0. The van der Waals surface area contributed by atoms with E-state index in [1.54, 1.807) is 19.0 Å². The molecule has 0 saturated heterocycles. The lowest BCUT2D eigenvalue weighted by Gasteiger charge is -2.19. The molecule has 0 aliphatic heterocycles. The Morgan fingerprint density at radius 3 is 2.28 bits per heavy atom. The highest BCUT2D eigenvalue weighted by Crippen LogP contribution is 2.31. The quantitative estimate of drug-likeness (QED) is 0.573. The van der Waals surface area contributed by atoms with Gasteiger partial charge < -0.3 is 4.90 Å². The number of amides is 1. The Morgan fingerprint density at radius 1 is 1.03 bits per heavy atom. The van der Waals surface area contributed by atoms with Crippen molar-refractivity contribution in [2.75, 3.05) is 19.8 Å². The van der Waals surface area contributed by atoms with Crippen molar-refractivity contribution in [3.05, 3.63) is 59.7 Å². The normalized spacial score (nSPS) is 11.5. The fourth-order valence-electron chi connectivity index (χ4n) is 2.96. The monoisotopic (exact) mass is 408 g/mol. The van der Waals surface area contributed by atoms with Gasteiger partial charge in [0.1, 0.15) is 0 Å². The zero-order chi connectivity index (χ0) is 21.2. The lowest BCUT2D eigenvalue weighted by Crippen LogP contribution is -2.23. The minimum atomic E-state index is 0.0467. The Bertz CT molecular complexity index is 1000. The van der Waals surface area contributed by atoms with E-state index in [0.717, 1.165) is 22.6 Å². The average molecular weight is 409 g/mol. The predicted octanol–water partition coefficient (Wildman–Crippen LogP) is 4.72. The highest BCUT2D eigenvalue weighted by atomic mass is 32.2. The summed E-state index contributed by atoms with van der Waals surface area (Å²) in [6.07, 6.45) is 0. The Labute approximate surface area is 177 Å². The Balaban J connectivity index is 2.06. The number of hydrogen-bond acceptors (Lipinski definition) is 4. The van der Waals surface area contributed by atoms with Crippen LogP contribution in [-0.2, 0) is 10.2 Å². The van der Waals surface area contributed by atoms with Crippen LogP contribution in [-0.4, -0.2) is 45.4 Å². The Kier molecular flexibility index (Phi) is 6.13. The SMILES string of the molecule is Cc1ccccc1-n1c(SCC(=O)N(C)C)nnc1-c1ccc(C(C)(C)C)cc1. The van der Waals surface area contributed by atoms with Crippen LogP contribution in [0.15, 0.2) is 53.7 Å². The molecule has 0 saturated carbocycles. The molecule has 1 heterocycles. The molecule has 1 amide bonds. The fraction of sp³-hybridized carbons (Fsp3) is 0.348. The highest BCUT2D eigenvalue weighted by Gasteiger charge is 2.20. The second-order valence-electron chi connectivity index (χ2n) is 8.33. The zero-order valence-electron chi connectivity index (χ0n) is 17.9. The predicted molar refractivity (Wildman–Crippen MR) is 120 cm³/mol. The van der Waals surface area contributed by atoms with Gasteiger partial charge >= 0.3 is 0 Å². The number of rotatable bonds is 5. The molecular formula is C23H28N4OS. The van der Waals surface area contributed by atoms with E-state index in [0.29, 0.717) is 10.9 Å². The van der Waals surface area contributed by atoms with Gasteiger partial charge in [0.15, 0.2) is 11.0 Å². The summed E-state index contributed by atoms with van der Waals surface area (Å²) in [5, 5.41) is 9.62. The van der Waals surface area contributed by atoms with Gasteiger partial charge in [-0.1, -0.05) is 75.0 Å². The maximum absolute atomic E-state index is 12.1. The number of nitrogens with zero attached hydrogens (tertiary/aromatic N) is 4. The summed E-state index contributed by atoms with van der Waals surface area (Å²) in [7, 11) is 3.52. The molecular weight excluding hydrogens is 380 g/mol. The number of carbonyl (C=O) groups excluding carboxylic acids is 1. The summed E-state index contributed by atoms with van der Waals surface area (Å²) in [5.74, 6) is 1.14. The van der Waals surface area contributed by atoms with Crippen LogP contribution in [0.5, 0.6) is 0 Å². The van der Waals surface area contributed by atoms with Gasteiger partial charge in [0.05, 0.1) is 11.4 Å². The van der Waals surface area contributed by atoms with Crippen LogP contribution in [0.1, 0.15) is 31.9 Å². The first kappa shape index (κ1) is 21.1. The highest BCUT2D eigenvalue weighted by molar-refractivity contribution is 7.99. The molecule has 0 N–H and O–H groups in total. The molecule has 152 valence electrons. The van der Waals surface area contributed by atoms with Gasteiger partial charge in [0.2, 0.25) is 5.91 Å². The van der Waals surface area contributed by atoms with Gasteiger partial charge in [-0.3, -0.25) is 9.36 Å². The van der Waals surface area contributed by atoms with Gasteiger partial charge in [0.25, 0.3) is 0 Å². The van der Waals surface area contributed by atoms with Crippen molar-refractivity contribution in [3.8, 4) is 17.1 Å². The van der Waals surface area contributed by atoms with E-state index < -0.39 is 0 Å². The van der Waals surface area contributed by atoms with Crippen LogP contribution >= 0.6 is 11.8 Å². The minimum Gasteiger partial charge on any atom is -0.348 e. The van der Waals surface area contributed by atoms with Crippen molar-refractivity contribution >= 4 is 17.7 Å². The lowest BCUT2D eigenvalue weighted by atomic mass is 9.87. The van der Waals surface area contributed by atoms with Crippen LogP contribution in [0.25, 0.3) is 17.1 Å². The van der Waals surface area contributed by atoms with Crippen molar-refractivity contribution in [2.24, 2.45) is 0 Å². The van der Waals surface area contributed by atoms with Crippen LogP contribution in [0.2, 0.25) is 0 Å². The number of aryl methyl sites for hydroxylation is 1. The third-order valence-corrected chi connectivity index (χ3v) is 5.74. The molecule has 0 aliphatic rings. The van der Waals surface area contributed by atoms with Gasteiger partial charge in [-0.15, -0.1) is 10.2 Å². The lowest BCUT2D eigenvalue weighted by molar-refractivity contribution is -0.125. The van der Waals surface area contributed by atoms with Crippen LogP contribution in [0.3, 0.4) is 0 Å². The molecule has 5 nitrogen and oxygen atoms in total. The number of benzene rings is 2. The van der Waals surface area contributed by atoms with Gasteiger partial charge in [-0.25, -0.2) is 0 Å². The standard InChI is InChI=1S/C23H28N4OS/c1-16-9-7-8-10-19(16)27-21(17-11-13-18(14-12-17)23(2,3)4)24-25-22(27)29-15-20(28)26(5)6/h7-14H,15H2,1-6H3. The topological polar surface area (TPSA) is 51.0 Å². The summed E-state index contributed by atoms with van der Waals surface area (Å²) in [6.45, 7) is 8.68. The second-order valence-corrected chi connectivity index (χ2v) is 9.27. The second kappa shape index (κ2) is 8.41. The van der Waals surface area contributed by atoms with Crippen molar-refractivity contribution in [2.45, 2.75) is 38.3 Å².